The molecular weight excluding hydrogens is 292 g/mol. The molecule has 0 saturated carbocycles. The molecule has 0 aliphatic carbocycles. The molecule has 0 aromatic carbocycles. The van der Waals surface area contributed by atoms with Crippen molar-refractivity contribution in [3.05, 3.63) is 22.4 Å². The molecule has 0 spiro atoms. The maximum absolute atomic E-state index is 11.7. The molecule has 2 rings (SSSR count). The van der Waals surface area contributed by atoms with Gasteiger partial charge in [-0.25, -0.2) is 8.42 Å². The predicted octanol–water partition coefficient (Wildman–Crippen LogP) is 2.60. The van der Waals surface area contributed by atoms with Crippen molar-refractivity contribution in [2.45, 2.75) is 44.7 Å². The number of nitrogens with one attached hydrogen (secondary N) is 1. The highest BCUT2D eigenvalue weighted by molar-refractivity contribution is 7.88. The third-order valence-electron chi connectivity index (χ3n) is 3.87. The predicted molar refractivity (Wildman–Crippen MR) is 84.5 cm³/mol. The highest BCUT2D eigenvalue weighted by Crippen LogP contribution is 2.24. The van der Waals surface area contributed by atoms with Crippen molar-refractivity contribution < 1.29 is 8.42 Å². The lowest BCUT2D eigenvalue weighted by atomic mass is 10.1. The molecule has 4 nitrogen and oxygen atoms in total. The zero-order chi connectivity index (χ0) is 14.6. The van der Waals surface area contributed by atoms with Gasteiger partial charge in [-0.2, -0.15) is 15.6 Å². The summed E-state index contributed by atoms with van der Waals surface area (Å²) >= 11 is 1.71. The van der Waals surface area contributed by atoms with Crippen LogP contribution in [-0.2, 0) is 10.0 Å². The standard InChI is InChI=1S/C14H24N2O2S2/c1-3-5-14(12-7-9-19-11-12)15-10-13-6-4-8-16(13)20(2,17)18/h7,9,11,13-15H,3-6,8,10H2,1-2H3/t13-,14?/m1/s1. The largest absolute Gasteiger partial charge is 0.308 e. The summed E-state index contributed by atoms with van der Waals surface area (Å²) in [7, 11) is -3.07. The molecule has 2 atom stereocenters. The second-order valence-corrected chi connectivity index (χ2v) is 8.19. The van der Waals surface area contributed by atoms with Crippen LogP contribution in [0.5, 0.6) is 0 Å². The van der Waals surface area contributed by atoms with E-state index in [0.717, 1.165) is 32.2 Å². The van der Waals surface area contributed by atoms with Crippen molar-refractivity contribution in [2.75, 3.05) is 19.3 Å². The Kier molecular flexibility index (Phi) is 5.60. The molecule has 114 valence electrons. The van der Waals surface area contributed by atoms with Crippen LogP contribution in [0.25, 0.3) is 0 Å². The minimum Gasteiger partial charge on any atom is -0.308 e. The highest BCUT2D eigenvalue weighted by Gasteiger charge is 2.31. The fourth-order valence-electron chi connectivity index (χ4n) is 2.88. The summed E-state index contributed by atoms with van der Waals surface area (Å²) < 4.78 is 25.1. The molecule has 1 saturated heterocycles. The third kappa shape index (κ3) is 4.04. The van der Waals surface area contributed by atoms with E-state index in [0.29, 0.717) is 12.6 Å². The lowest BCUT2D eigenvalue weighted by Crippen LogP contribution is -2.41. The number of hydrogen-bond acceptors (Lipinski definition) is 4. The van der Waals surface area contributed by atoms with E-state index >= 15 is 0 Å². The van der Waals surface area contributed by atoms with Crippen LogP contribution < -0.4 is 5.32 Å². The average Bonchev–Trinajstić information content (AvgIpc) is 3.04. The van der Waals surface area contributed by atoms with Gasteiger partial charge in [-0.05, 0) is 41.7 Å². The molecule has 1 fully saturated rings. The minimum atomic E-state index is -3.07. The van der Waals surface area contributed by atoms with Crippen molar-refractivity contribution in [2.24, 2.45) is 0 Å². The Morgan fingerprint density at radius 1 is 1.55 bits per heavy atom. The van der Waals surface area contributed by atoms with Gasteiger partial charge in [0.25, 0.3) is 0 Å². The fraction of sp³-hybridized carbons (Fsp3) is 0.714. The summed E-state index contributed by atoms with van der Waals surface area (Å²) in [5, 5.41) is 7.84. The SMILES string of the molecule is CCCC(NC[C@H]1CCCN1S(C)(=O)=O)c1ccsc1. The second-order valence-electron chi connectivity index (χ2n) is 5.48. The number of rotatable bonds is 7. The maximum atomic E-state index is 11.7. The summed E-state index contributed by atoms with van der Waals surface area (Å²) in [6.07, 6.45) is 5.45. The molecular formula is C14H24N2O2S2. The van der Waals surface area contributed by atoms with Gasteiger partial charge in [-0.15, -0.1) is 0 Å². The molecule has 1 aliphatic rings. The molecule has 1 unspecified atom stereocenters. The Morgan fingerprint density at radius 2 is 2.35 bits per heavy atom. The van der Waals surface area contributed by atoms with Gasteiger partial charge in [0.05, 0.1) is 6.26 Å². The Morgan fingerprint density at radius 3 is 2.95 bits per heavy atom. The molecule has 1 aliphatic heterocycles. The summed E-state index contributed by atoms with van der Waals surface area (Å²) in [6, 6.07) is 2.61. The van der Waals surface area contributed by atoms with E-state index in [1.807, 2.05) is 0 Å². The molecule has 0 amide bonds. The molecule has 2 heterocycles. The van der Waals surface area contributed by atoms with Gasteiger partial charge in [0.2, 0.25) is 10.0 Å². The van der Waals surface area contributed by atoms with Crippen LogP contribution in [0.4, 0.5) is 0 Å². The molecule has 1 aromatic rings. The molecule has 6 heteroatoms. The van der Waals surface area contributed by atoms with E-state index in [9.17, 15) is 8.42 Å². The van der Waals surface area contributed by atoms with Crippen LogP contribution in [0, 0.1) is 0 Å². The average molecular weight is 316 g/mol. The normalized spacial score (nSPS) is 22.2. The van der Waals surface area contributed by atoms with Gasteiger partial charge in [-0.3, -0.25) is 0 Å². The fourth-order valence-corrected chi connectivity index (χ4v) is 4.77. The van der Waals surface area contributed by atoms with Gasteiger partial charge in [-0.1, -0.05) is 13.3 Å². The van der Waals surface area contributed by atoms with Crippen LogP contribution >= 0.6 is 11.3 Å². The van der Waals surface area contributed by atoms with Gasteiger partial charge >= 0.3 is 0 Å². The van der Waals surface area contributed by atoms with E-state index in [-0.39, 0.29) is 6.04 Å². The van der Waals surface area contributed by atoms with E-state index in [4.69, 9.17) is 0 Å². The van der Waals surface area contributed by atoms with Crippen molar-refractivity contribution in [1.29, 1.82) is 0 Å². The Balaban J connectivity index is 1.95. The number of nitrogens with zero attached hydrogens (tertiary/aromatic N) is 1. The number of sulfonamides is 1. The Hall–Kier alpha value is -0.430. The Labute approximate surface area is 126 Å². The highest BCUT2D eigenvalue weighted by atomic mass is 32.2. The van der Waals surface area contributed by atoms with Crippen LogP contribution in [0.2, 0.25) is 0 Å². The van der Waals surface area contributed by atoms with E-state index in [2.05, 4.69) is 29.1 Å². The first-order chi connectivity index (χ1) is 9.52. The van der Waals surface area contributed by atoms with Gasteiger partial charge in [0.15, 0.2) is 0 Å². The van der Waals surface area contributed by atoms with Crippen molar-refractivity contribution in [1.82, 2.24) is 9.62 Å². The third-order valence-corrected chi connectivity index (χ3v) is 5.91. The second kappa shape index (κ2) is 7.02. The van der Waals surface area contributed by atoms with Gasteiger partial charge in [0, 0.05) is 25.2 Å². The number of hydrogen-bond donors (Lipinski definition) is 1. The van der Waals surface area contributed by atoms with Crippen LogP contribution in [0.3, 0.4) is 0 Å². The summed E-state index contributed by atoms with van der Waals surface area (Å²) in [4.78, 5) is 0. The molecule has 20 heavy (non-hydrogen) atoms. The van der Waals surface area contributed by atoms with Gasteiger partial charge in [0.1, 0.15) is 0 Å². The van der Waals surface area contributed by atoms with Crippen LogP contribution in [-0.4, -0.2) is 38.1 Å². The van der Waals surface area contributed by atoms with E-state index < -0.39 is 10.0 Å². The van der Waals surface area contributed by atoms with Crippen LogP contribution in [0.1, 0.15) is 44.2 Å². The lowest BCUT2D eigenvalue weighted by Gasteiger charge is -2.25. The van der Waals surface area contributed by atoms with Crippen molar-refractivity contribution in [3.63, 3.8) is 0 Å². The summed E-state index contributed by atoms with van der Waals surface area (Å²) in [5.41, 5.74) is 1.32. The number of thiophene rings is 1. The summed E-state index contributed by atoms with van der Waals surface area (Å²) in [6.45, 7) is 3.59. The molecule has 1 N–H and O–H groups in total. The van der Waals surface area contributed by atoms with E-state index in [1.165, 1.54) is 11.8 Å². The lowest BCUT2D eigenvalue weighted by molar-refractivity contribution is 0.353. The quantitative estimate of drug-likeness (QED) is 0.841. The first kappa shape index (κ1) is 15.9. The topological polar surface area (TPSA) is 49.4 Å². The first-order valence-corrected chi connectivity index (χ1v) is 10.0. The van der Waals surface area contributed by atoms with Gasteiger partial charge < -0.3 is 5.32 Å². The molecule has 0 bridgehead atoms. The van der Waals surface area contributed by atoms with Crippen LogP contribution in [0.15, 0.2) is 16.8 Å². The zero-order valence-corrected chi connectivity index (χ0v) is 13.8. The monoisotopic (exact) mass is 316 g/mol. The van der Waals surface area contributed by atoms with Crippen molar-refractivity contribution >= 4 is 21.4 Å². The van der Waals surface area contributed by atoms with Crippen molar-refractivity contribution in [3.8, 4) is 0 Å². The Bertz CT molecular complexity index is 499. The first-order valence-electron chi connectivity index (χ1n) is 7.24. The minimum absolute atomic E-state index is 0.114. The molecule has 0 radical (unpaired) electrons. The van der Waals surface area contributed by atoms with E-state index in [1.54, 1.807) is 15.6 Å². The zero-order valence-electron chi connectivity index (χ0n) is 12.2. The maximum Gasteiger partial charge on any atom is 0.211 e. The summed E-state index contributed by atoms with van der Waals surface area (Å²) in [5.74, 6) is 0. The molecule has 1 aromatic heterocycles. The smallest absolute Gasteiger partial charge is 0.211 e.